The Labute approximate surface area is 131 Å². The van der Waals surface area contributed by atoms with Gasteiger partial charge in [-0.3, -0.25) is 0 Å². The Balaban J connectivity index is 1.79. The highest BCUT2D eigenvalue weighted by molar-refractivity contribution is 6.12. The topological polar surface area (TPSA) is 39.1 Å². The summed E-state index contributed by atoms with van der Waals surface area (Å²) in [5, 5.41) is 12.8. The predicted octanol–water partition coefficient (Wildman–Crippen LogP) is 2.67. The predicted molar refractivity (Wildman–Crippen MR) is 90.0 cm³/mol. The van der Waals surface area contributed by atoms with Crippen molar-refractivity contribution in [3.05, 3.63) is 65.7 Å². The van der Waals surface area contributed by atoms with E-state index in [9.17, 15) is 5.21 Å². The van der Waals surface area contributed by atoms with Crippen LogP contribution in [0.25, 0.3) is 0 Å². The summed E-state index contributed by atoms with van der Waals surface area (Å²) < 4.78 is 0. The van der Waals surface area contributed by atoms with Crippen molar-refractivity contribution in [2.45, 2.75) is 0 Å². The zero-order valence-electron chi connectivity index (χ0n) is 12.8. The SMILES string of the molecule is CN1CCN(c2ccc(/C(=N\O)c3ccccc3)cc2)CC1. The zero-order chi connectivity index (χ0) is 15.4. The van der Waals surface area contributed by atoms with E-state index in [0.29, 0.717) is 5.71 Å². The minimum absolute atomic E-state index is 0.602. The van der Waals surface area contributed by atoms with Crippen molar-refractivity contribution in [3.8, 4) is 0 Å². The number of hydrogen-bond donors (Lipinski definition) is 1. The monoisotopic (exact) mass is 295 g/mol. The Bertz CT molecular complexity index is 629. The molecule has 0 amide bonds. The number of piperazine rings is 1. The van der Waals surface area contributed by atoms with Crippen LogP contribution in [0.5, 0.6) is 0 Å². The third kappa shape index (κ3) is 3.12. The first-order valence-corrected chi connectivity index (χ1v) is 7.59. The van der Waals surface area contributed by atoms with Gasteiger partial charge in [0.25, 0.3) is 0 Å². The Morgan fingerprint density at radius 1 is 0.864 bits per heavy atom. The molecule has 3 rings (SSSR count). The van der Waals surface area contributed by atoms with Gasteiger partial charge in [-0.05, 0) is 19.2 Å². The molecule has 1 saturated heterocycles. The molecule has 114 valence electrons. The van der Waals surface area contributed by atoms with E-state index in [2.05, 4.69) is 34.1 Å². The first-order valence-electron chi connectivity index (χ1n) is 7.59. The molecule has 2 aromatic rings. The molecular weight excluding hydrogens is 274 g/mol. The van der Waals surface area contributed by atoms with Crippen LogP contribution in [0, 0.1) is 0 Å². The summed E-state index contributed by atoms with van der Waals surface area (Å²) in [5.74, 6) is 0. The molecule has 0 aromatic heterocycles. The first kappa shape index (κ1) is 14.6. The van der Waals surface area contributed by atoms with Gasteiger partial charge < -0.3 is 15.0 Å². The van der Waals surface area contributed by atoms with Crippen LogP contribution in [-0.2, 0) is 0 Å². The molecule has 0 atom stereocenters. The minimum atomic E-state index is 0.602. The maximum absolute atomic E-state index is 9.35. The van der Waals surface area contributed by atoms with Gasteiger partial charge in [0.05, 0.1) is 0 Å². The molecule has 1 aliphatic heterocycles. The molecule has 22 heavy (non-hydrogen) atoms. The number of benzene rings is 2. The molecule has 0 unspecified atom stereocenters. The molecule has 0 saturated carbocycles. The number of rotatable bonds is 3. The third-order valence-corrected chi connectivity index (χ3v) is 4.16. The standard InChI is InChI=1S/C18H21N3O/c1-20-11-13-21(14-12-20)17-9-7-16(8-10-17)18(19-22)15-5-3-2-4-6-15/h2-10,22H,11-14H2,1H3/b19-18-. The van der Waals surface area contributed by atoms with Crippen molar-refractivity contribution in [2.75, 3.05) is 38.1 Å². The van der Waals surface area contributed by atoms with E-state index in [1.807, 2.05) is 42.5 Å². The van der Waals surface area contributed by atoms with Crippen molar-refractivity contribution in [2.24, 2.45) is 5.16 Å². The molecule has 0 bridgehead atoms. The summed E-state index contributed by atoms with van der Waals surface area (Å²) in [6, 6.07) is 18.0. The lowest BCUT2D eigenvalue weighted by molar-refractivity contribution is 0.313. The van der Waals surface area contributed by atoms with E-state index in [1.54, 1.807) is 0 Å². The van der Waals surface area contributed by atoms with Gasteiger partial charge in [-0.2, -0.15) is 0 Å². The van der Waals surface area contributed by atoms with E-state index >= 15 is 0 Å². The maximum atomic E-state index is 9.35. The van der Waals surface area contributed by atoms with Crippen LogP contribution in [0.1, 0.15) is 11.1 Å². The molecule has 2 aromatic carbocycles. The molecule has 0 spiro atoms. The van der Waals surface area contributed by atoms with Gasteiger partial charge in [0.2, 0.25) is 0 Å². The molecule has 0 radical (unpaired) electrons. The summed E-state index contributed by atoms with van der Waals surface area (Å²) in [6.45, 7) is 4.29. The second-order valence-electron chi connectivity index (χ2n) is 5.65. The summed E-state index contributed by atoms with van der Waals surface area (Å²) in [4.78, 5) is 4.73. The Morgan fingerprint density at radius 2 is 1.45 bits per heavy atom. The van der Waals surface area contributed by atoms with E-state index < -0.39 is 0 Å². The maximum Gasteiger partial charge on any atom is 0.117 e. The number of nitrogens with zero attached hydrogens (tertiary/aromatic N) is 3. The highest BCUT2D eigenvalue weighted by atomic mass is 16.4. The smallest absolute Gasteiger partial charge is 0.117 e. The Hall–Kier alpha value is -2.33. The van der Waals surface area contributed by atoms with Crippen molar-refractivity contribution < 1.29 is 5.21 Å². The Morgan fingerprint density at radius 3 is 2.05 bits per heavy atom. The normalized spacial score (nSPS) is 16.8. The number of hydrogen-bond acceptors (Lipinski definition) is 4. The van der Waals surface area contributed by atoms with Crippen LogP contribution in [-0.4, -0.2) is 49.0 Å². The van der Waals surface area contributed by atoms with Gasteiger partial charge >= 0.3 is 0 Å². The average Bonchev–Trinajstić information content (AvgIpc) is 2.58. The van der Waals surface area contributed by atoms with Gasteiger partial charge in [0.15, 0.2) is 0 Å². The zero-order valence-corrected chi connectivity index (χ0v) is 12.8. The van der Waals surface area contributed by atoms with E-state index in [-0.39, 0.29) is 0 Å². The van der Waals surface area contributed by atoms with Gasteiger partial charge in [-0.25, -0.2) is 0 Å². The van der Waals surface area contributed by atoms with E-state index in [4.69, 9.17) is 0 Å². The second kappa shape index (κ2) is 6.62. The lowest BCUT2D eigenvalue weighted by Crippen LogP contribution is -2.44. The second-order valence-corrected chi connectivity index (χ2v) is 5.65. The number of likely N-dealkylation sites (N-methyl/N-ethyl adjacent to an activating group) is 1. The van der Waals surface area contributed by atoms with Crippen molar-refractivity contribution in [1.29, 1.82) is 0 Å². The summed E-state index contributed by atoms with van der Waals surface area (Å²) in [6.07, 6.45) is 0. The average molecular weight is 295 g/mol. The first-order chi connectivity index (χ1) is 10.8. The van der Waals surface area contributed by atoms with E-state index in [0.717, 1.165) is 37.3 Å². The highest BCUT2D eigenvalue weighted by Crippen LogP contribution is 2.19. The van der Waals surface area contributed by atoms with Crippen LogP contribution in [0.3, 0.4) is 0 Å². The molecule has 0 aliphatic carbocycles. The van der Waals surface area contributed by atoms with Gasteiger partial charge in [0.1, 0.15) is 5.71 Å². The van der Waals surface area contributed by atoms with Crippen LogP contribution in [0.15, 0.2) is 59.8 Å². The molecule has 1 fully saturated rings. The molecule has 1 N–H and O–H groups in total. The van der Waals surface area contributed by atoms with Crippen molar-refractivity contribution in [3.63, 3.8) is 0 Å². The van der Waals surface area contributed by atoms with Crippen LogP contribution < -0.4 is 4.90 Å². The fourth-order valence-corrected chi connectivity index (χ4v) is 2.77. The lowest BCUT2D eigenvalue weighted by Gasteiger charge is -2.34. The van der Waals surface area contributed by atoms with Crippen LogP contribution >= 0.6 is 0 Å². The van der Waals surface area contributed by atoms with Gasteiger partial charge in [0, 0.05) is 43.0 Å². The van der Waals surface area contributed by atoms with Crippen molar-refractivity contribution in [1.82, 2.24) is 4.90 Å². The largest absolute Gasteiger partial charge is 0.410 e. The quantitative estimate of drug-likeness (QED) is 0.537. The molecule has 1 aliphatic rings. The third-order valence-electron chi connectivity index (χ3n) is 4.16. The lowest BCUT2D eigenvalue weighted by atomic mass is 10.0. The van der Waals surface area contributed by atoms with Gasteiger partial charge in [-0.1, -0.05) is 47.6 Å². The highest BCUT2D eigenvalue weighted by Gasteiger charge is 2.14. The van der Waals surface area contributed by atoms with Crippen LogP contribution in [0.4, 0.5) is 5.69 Å². The number of oxime groups is 1. The van der Waals surface area contributed by atoms with Crippen molar-refractivity contribution >= 4 is 11.4 Å². The van der Waals surface area contributed by atoms with Crippen LogP contribution in [0.2, 0.25) is 0 Å². The fraction of sp³-hybridized carbons (Fsp3) is 0.278. The number of anilines is 1. The van der Waals surface area contributed by atoms with Gasteiger partial charge in [-0.15, -0.1) is 0 Å². The molecule has 4 nitrogen and oxygen atoms in total. The fourth-order valence-electron chi connectivity index (χ4n) is 2.77. The minimum Gasteiger partial charge on any atom is -0.410 e. The van der Waals surface area contributed by atoms with E-state index in [1.165, 1.54) is 5.69 Å². The summed E-state index contributed by atoms with van der Waals surface area (Å²) in [5.41, 5.74) is 3.66. The molecule has 1 heterocycles. The molecule has 4 heteroatoms. The molecular formula is C18H21N3O. The summed E-state index contributed by atoms with van der Waals surface area (Å²) >= 11 is 0. The summed E-state index contributed by atoms with van der Waals surface area (Å²) in [7, 11) is 2.16. The Kier molecular flexibility index (Phi) is 4.39.